The van der Waals surface area contributed by atoms with Gasteiger partial charge in [-0.15, -0.1) is 0 Å². The molecule has 1 N–H and O–H groups in total. The summed E-state index contributed by atoms with van der Waals surface area (Å²) in [6.45, 7) is 9.73. The zero-order valence-corrected chi connectivity index (χ0v) is 23.7. The predicted octanol–water partition coefficient (Wildman–Crippen LogP) is 4.26. The molecule has 1 saturated heterocycles. The highest BCUT2D eigenvalue weighted by Gasteiger charge is 2.29. The molecule has 0 unspecified atom stereocenters. The second kappa shape index (κ2) is 11.2. The number of nitrogens with zero attached hydrogens (tertiary/aromatic N) is 5. The number of carbonyl (C=O) groups is 2. The second-order valence-electron chi connectivity index (χ2n) is 10.7. The minimum absolute atomic E-state index is 0.00713. The van der Waals surface area contributed by atoms with E-state index in [2.05, 4.69) is 20.2 Å². The number of rotatable bonds is 7. The van der Waals surface area contributed by atoms with Gasteiger partial charge in [0.25, 0.3) is 5.91 Å². The third kappa shape index (κ3) is 6.19. The molecule has 4 aromatic rings. The van der Waals surface area contributed by atoms with Crippen molar-refractivity contribution in [1.82, 2.24) is 19.3 Å². The number of fused-ring (bicyclic) bond motifs is 2. The first-order chi connectivity index (χ1) is 19.5. The summed E-state index contributed by atoms with van der Waals surface area (Å²) in [6.07, 6.45) is 2.90. The topological polar surface area (TPSA) is 124 Å². The van der Waals surface area contributed by atoms with E-state index in [0.717, 1.165) is 0 Å². The summed E-state index contributed by atoms with van der Waals surface area (Å²) >= 11 is 0. The molecule has 5 rings (SSSR count). The van der Waals surface area contributed by atoms with Gasteiger partial charge in [0.05, 0.1) is 29.2 Å². The number of hydrogen-bond acceptors (Lipinski definition) is 9. The largest absolute Gasteiger partial charge is 0.448 e. The molecule has 0 atom stereocenters. The van der Waals surface area contributed by atoms with E-state index in [1.54, 1.807) is 43.5 Å². The van der Waals surface area contributed by atoms with E-state index in [4.69, 9.17) is 18.6 Å². The smallest absolute Gasteiger partial charge is 0.410 e. The minimum atomic E-state index is -0.578. The van der Waals surface area contributed by atoms with Gasteiger partial charge in [0.1, 0.15) is 17.7 Å². The molecule has 1 aliphatic rings. The van der Waals surface area contributed by atoms with Crippen LogP contribution in [0.3, 0.4) is 0 Å². The molecule has 2 amide bonds. The molecule has 1 aliphatic heterocycles. The van der Waals surface area contributed by atoms with Crippen LogP contribution in [0.5, 0.6) is 6.08 Å². The monoisotopic (exact) mass is 568 g/mol. The summed E-state index contributed by atoms with van der Waals surface area (Å²) in [5.74, 6) is -1.05. The number of hydrogen-bond donors (Lipinski definition) is 1. The van der Waals surface area contributed by atoms with Crippen molar-refractivity contribution in [3.05, 3.63) is 47.7 Å². The molecule has 0 saturated carbocycles. The van der Waals surface area contributed by atoms with Crippen molar-refractivity contribution >= 4 is 40.1 Å². The van der Waals surface area contributed by atoms with Crippen molar-refractivity contribution in [3.63, 3.8) is 0 Å². The Morgan fingerprint density at radius 3 is 2.56 bits per heavy atom. The van der Waals surface area contributed by atoms with E-state index >= 15 is 0 Å². The lowest BCUT2D eigenvalue weighted by Gasteiger charge is -2.36. The fourth-order valence-corrected chi connectivity index (χ4v) is 4.58. The summed E-state index contributed by atoms with van der Waals surface area (Å²) in [5, 5.41) is 2.75. The maximum atomic E-state index is 14.6. The van der Waals surface area contributed by atoms with E-state index in [9.17, 15) is 14.0 Å². The van der Waals surface area contributed by atoms with E-state index < -0.39 is 17.3 Å². The Hall–Kier alpha value is -4.39. The van der Waals surface area contributed by atoms with Crippen LogP contribution in [0.2, 0.25) is 0 Å². The van der Waals surface area contributed by atoms with Gasteiger partial charge in [0.15, 0.2) is 17.0 Å². The first kappa shape index (κ1) is 28.1. The number of amides is 2. The third-order valence-corrected chi connectivity index (χ3v) is 6.42. The Bertz CT molecular complexity index is 1580. The van der Waals surface area contributed by atoms with E-state index in [1.807, 2.05) is 20.8 Å². The summed E-state index contributed by atoms with van der Waals surface area (Å²) < 4.78 is 38.2. The van der Waals surface area contributed by atoms with Crippen molar-refractivity contribution in [3.8, 4) is 6.08 Å². The number of imidazole rings is 1. The molecule has 218 valence electrons. The van der Waals surface area contributed by atoms with Crippen LogP contribution >= 0.6 is 0 Å². The average molecular weight is 569 g/mol. The fourth-order valence-electron chi connectivity index (χ4n) is 4.58. The standard InChI is InChI=1S/C28H33FN6O6/c1-17-15-35-16-18(14-20(29)24(35)30-17)31-25(36)19-6-7-21(23-22(19)32-26(40-23)39-13-12-38-5)33-8-10-34(11-9-33)27(37)41-28(2,3)4/h6-7,14-16H,8-13H2,1-5H3,(H,31,36). The van der Waals surface area contributed by atoms with Crippen molar-refractivity contribution < 1.29 is 32.6 Å². The van der Waals surface area contributed by atoms with Crippen LogP contribution in [0.1, 0.15) is 36.8 Å². The molecule has 13 heteroatoms. The number of halogens is 1. The third-order valence-electron chi connectivity index (χ3n) is 6.42. The van der Waals surface area contributed by atoms with Gasteiger partial charge in [0.2, 0.25) is 0 Å². The van der Waals surface area contributed by atoms with Gasteiger partial charge in [-0.05, 0) is 39.8 Å². The van der Waals surface area contributed by atoms with Gasteiger partial charge in [0, 0.05) is 51.7 Å². The molecule has 3 aromatic heterocycles. The molecule has 0 bridgehead atoms. The highest BCUT2D eigenvalue weighted by Crippen LogP contribution is 2.34. The van der Waals surface area contributed by atoms with Crippen molar-refractivity contribution in [2.45, 2.75) is 33.3 Å². The highest BCUT2D eigenvalue weighted by atomic mass is 19.1. The number of nitrogens with one attached hydrogen (secondary N) is 1. The average Bonchev–Trinajstić information content (AvgIpc) is 3.50. The normalized spacial score (nSPS) is 14.1. The maximum Gasteiger partial charge on any atom is 0.410 e. The number of aromatic nitrogens is 3. The zero-order valence-electron chi connectivity index (χ0n) is 23.7. The number of ether oxygens (including phenoxy) is 3. The number of benzene rings is 1. The zero-order chi connectivity index (χ0) is 29.3. The predicted molar refractivity (Wildman–Crippen MR) is 149 cm³/mol. The summed E-state index contributed by atoms with van der Waals surface area (Å²) in [7, 11) is 1.55. The number of carbonyl (C=O) groups excluding carboxylic acids is 2. The molecule has 1 fully saturated rings. The molecule has 1 aromatic carbocycles. The second-order valence-corrected chi connectivity index (χ2v) is 10.7. The SMILES string of the molecule is COCCOc1nc2c(C(=O)Nc3cc(F)c4nc(C)cn4c3)ccc(N3CCN(C(=O)OC(C)(C)C)CC3)c2o1. The first-order valence-corrected chi connectivity index (χ1v) is 13.3. The van der Waals surface area contributed by atoms with Crippen LogP contribution in [0.25, 0.3) is 16.7 Å². The van der Waals surface area contributed by atoms with Gasteiger partial charge in [-0.3, -0.25) is 4.79 Å². The number of aryl methyl sites for hydroxylation is 1. The Morgan fingerprint density at radius 2 is 1.85 bits per heavy atom. The van der Waals surface area contributed by atoms with Crippen LogP contribution in [0.4, 0.5) is 20.6 Å². The van der Waals surface area contributed by atoms with E-state index in [0.29, 0.717) is 55.3 Å². The molecule has 12 nitrogen and oxygen atoms in total. The maximum absolute atomic E-state index is 14.6. The number of piperazine rings is 1. The van der Waals surface area contributed by atoms with Gasteiger partial charge < -0.3 is 38.1 Å². The fraction of sp³-hybridized carbons (Fsp3) is 0.429. The van der Waals surface area contributed by atoms with Gasteiger partial charge in [-0.2, -0.15) is 4.98 Å². The first-order valence-electron chi connectivity index (χ1n) is 13.3. The van der Waals surface area contributed by atoms with Crippen molar-refractivity contribution in [2.75, 3.05) is 56.7 Å². The number of oxazole rings is 1. The summed E-state index contributed by atoms with van der Waals surface area (Å²) in [5.41, 5.74) is 2.09. The lowest BCUT2D eigenvalue weighted by atomic mass is 10.1. The Labute approximate surface area is 236 Å². The number of anilines is 2. The van der Waals surface area contributed by atoms with Crippen LogP contribution < -0.4 is 15.0 Å². The van der Waals surface area contributed by atoms with Crippen LogP contribution in [-0.4, -0.2) is 83.4 Å². The van der Waals surface area contributed by atoms with Gasteiger partial charge in [-0.1, -0.05) is 0 Å². The molecular weight excluding hydrogens is 535 g/mol. The van der Waals surface area contributed by atoms with Crippen molar-refractivity contribution in [2.24, 2.45) is 0 Å². The van der Waals surface area contributed by atoms with Crippen LogP contribution in [-0.2, 0) is 9.47 Å². The Kier molecular flexibility index (Phi) is 7.72. The molecule has 41 heavy (non-hydrogen) atoms. The highest BCUT2D eigenvalue weighted by molar-refractivity contribution is 6.13. The quantitative estimate of drug-likeness (QED) is 0.326. The van der Waals surface area contributed by atoms with Crippen molar-refractivity contribution in [1.29, 1.82) is 0 Å². The lowest BCUT2D eigenvalue weighted by molar-refractivity contribution is 0.0240. The van der Waals surface area contributed by atoms with Gasteiger partial charge >= 0.3 is 12.2 Å². The molecule has 0 spiro atoms. The minimum Gasteiger partial charge on any atom is -0.448 e. The summed E-state index contributed by atoms with van der Waals surface area (Å²) in [6, 6.07) is 4.63. The Balaban J connectivity index is 1.41. The Morgan fingerprint density at radius 1 is 1.10 bits per heavy atom. The van der Waals surface area contributed by atoms with Crippen LogP contribution in [0, 0.1) is 12.7 Å². The van der Waals surface area contributed by atoms with E-state index in [-0.39, 0.29) is 35.7 Å². The summed E-state index contributed by atoms with van der Waals surface area (Å²) in [4.78, 5) is 38.2. The molecule has 4 heterocycles. The molecule has 0 radical (unpaired) electrons. The number of methoxy groups -OCH3 is 1. The van der Waals surface area contributed by atoms with Crippen LogP contribution in [0.15, 0.2) is 35.0 Å². The molecule has 0 aliphatic carbocycles. The number of pyridine rings is 1. The lowest BCUT2D eigenvalue weighted by Crippen LogP contribution is -2.50. The van der Waals surface area contributed by atoms with E-state index in [1.165, 1.54) is 10.5 Å². The van der Waals surface area contributed by atoms with Gasteiger partial charge in [-0.25, -0.2) is 14.2 Å². The molecular formula is C28H33FN6O6.